The van der Waals surface area contributed by atoms with Crippen molar-refractivity contribution in [1.29, 1.82) is 0 Å². The van der Waals surface area contributed by atoms with E-state index in [1.54, 1.807) is 14.2 Å². The molecule has 0 aromatic heterocycles. The Balaban J connectivity index is 2.60. The van der Waals surface area contributed by atoms with Gasteiger partial charge >= 0.3 is 0 Å². The molecule has 5 heteroatoms. The highest BCUT2D eigenvalue weighted by Crippen LogP contribution is 2.28. The molecule has 0 unspecified atom stereocenters. The largest absolute Gasteiger partial charge is 0.490 e. The van der Waals surface area contributed by atoms with Gasteiger partial charge in [0.15, 0.2) is 18.3 Å². The Morgan fingerprint density at radius 2 is 1.89 bits per heavy atom. The average molecular weight is 269 g/mol. The quantitative estimate of drug-likeness (QED) is 0.518. The molecule has 0 aliphatic carbocycles. The van der Waals surface area contributed by atoms with E-state index in [4.69, 9.17) is 18.9 Å². The molecule has 0 fully saturated rings. The minimum Gasteiger partial charge on any atom is -0.490 e. The van der Waals surface area contributed by atoms with Crippen LogP contribution in [0.1, 0.15) is 12.5 Å². The normalized spacial score (nSPS) is 10.5. The predicted octanol–water partition coefficient (Wildman–Crippen LogP) is 1.80. The van der Waals surface area contributed by atoms with E-state index in [1.807, 2.05) is 25.1 Å². The lowest BCUT2D eigenvalue weighted by molar-refractivity contribution is 0.0487. The summed E-state index contributed by atoms with van der Waals surface area (Å²) in [5.41, 5.74) is 1.14. The van der Waals surface area contributed by atoms with Gasteiger partial charge in [-0.15, -0.1) is 0 Å². The van der Waals surface area contributed by atoms with Gasteiger partial charge in [-0.1, -0.05) is 6.07 Å². The highest BCUT2D eigenvalue weighted by atomic mass is 16.7. The molecule has 0 atom stereocenters. The van der Waals surface area contributed by atoms with Crippen LogP contribution in [0.5, 0.6) is 11.5 Å². The number of hydrogen-bond donors (Lipinski definition) is 1. The van der Waals surface area contributed by atoms with Crippen molar-refractivity contribution in [2.24, 2.45) is 0 Å². The van der Waals surface area contributed by atoms with Crippen LogP contribution in [0, 0.1) is 0 Å². The minimum absolute atomic E-state index is 0.214. The van der Waals surface area contributed by atoms with Crippen molar-refractivity contribution in [3.8, 4) is 11.5 Å². The van der Waals surface area contributed by atoms with Crippen molar-refractivity contribution in [1.82, 2.24) is 5.32 Å². The summed E-state index contributed by atoms with van der Waals surface area (Å²) in [6.45, 7) is 5.06. The molecule has 0 saturated heterocycles. The van der Waals surface area contributed by atoms with E-state index in [-0.39, 0.29) is 6.79 Å². The summed E-state index contributed by atoms with van der Waals surface area (Å²) in [5, 5.41) is 3.29. The Bertz CT molecular complexity index is 357. The Kier molecular flexibility index (Phi) is 7.97. The van der Waals surface area contributed by atoms with Crippen LogP contribution in [0.3, 0.4) is 0 Å². The van der Waals surface area contributed by atoms with Gasteiger partial charge in [0.2, 0.25) is 0 Å². The Morgan fingerprint density at radius 1 is 1.05 bits per heavy atom. The van der Waals surface area contributed by atoms with Crippen LogP contribution in [0.2, 0.25) is 0 Å². The number of nitrogens with one attached hydrogen (secondary N) is 1. The molecule has 5 nitrogen and oxygen atoms in total. The van der Waals surface area contributed by atoms with E-state index in [0.717, 1.165) is 24.4 Å². The maximum absolute atomic E-state index is 5.57. The van der Waals surface area contributed by atoms with Crippen LogP contribution in [-0.2, 0) is 16.0 Å². The highest BCUT2D eigenvalue weighted by molar-refractivity contribution is 5.43. The van der Waals surface area contributed by atoms with E-state index < -0.39 is 0 Å². The van der Waals surface area contributed by atoms with Gasteiger partial charge < -0.3 is 24.3 Å². The SMILES string of the molecule is CCOc1cc(CNCCOC)ccc1OCOC. The number of rotatable bonds is 10. The van der Waals surface area contributed by atoms with Crippen molar-refractivity contribution >= 4 is 0 Å². The molecule has 0 aliphatic rings. The van der Waals surface area contributed by atoms with Crippen LogP contribution in [0.15, 0.2) is 18.2 Å². The van der Waals surface area contributed by atoms with Gasteiger partial charge in [-0.25, -0.2) is 0 Å². The maximum Gasteiger partial charge on any atom is 0.188 e. The van der Waals surface area contributed by atoms with E-state index in [0.29, 0.717) is 19.0 Å². The molecule has 0 radical (unpaired) electrons. The second kappa shape index (κ2) is 9.61. The zero-order valence-electron chi connectivity index (χ0n) is 11.9. The predicted molar refractivity (Wildman–Crippen MR) is 73.7 cm³/mol. The molecular weight excluding hydrogens is 246 g/mol. The Labute approximate surface area is 114 Å². The van der Waals surface area contributed by atoms with Gasteiger partial charge in [0, 0.05) is 27.3 Å². The third-order valence-electron chi connectivity index (χ3n) is 2.45. The summed E-state index contributed by atoms with van der Waals surface area (Å²) in [6, 6.07) is 5.89. The highest BCUT2D eigenvalue weighted by Gasteiger charge is 2.06. The molecular formula is C14H23NO4. The average Bonchev–Trinajstić information content (AvgIpc) is 2.43. The maximum atomic E-state index is 5.57. The van der Waals surface area contributed by atoms with Crippen LogP contribution >= 0.6 is 0 Å². The summed E-state index contributed by atoms with van der Waals surface area (Å²) in [7, 11) is 3.28. The molecule has 0 spiro atoms. The summed E-state index contributed by atoms with van der Waals surface area (Å²) in [6.07, 6.45) is 0. The lowest BCUT2D eigenvalue weighted by Crippen LogP contribution is -2.18. The van der Waals surface area contributed by atoms with Crippen molar-refractivity contribution in [2.45, 2.75) is 13.5 Å². The smallest absolute Gasteiger partial charge is 0.188 e. The number of benzene rings is 1. The van der Waals surface area contributed by atoms with Crippen LogP contribution in [-0.4, -0.2) is 40.8 Å². The van der Waals surface area contributed by atoms with Crippen molar-refractivity contribution in [3.63, 3.8) is 0 Å². The first kappa shape index (κ1) is 15.8. The van der Waals surface area contributed by atoms with Crippen LogP contribution < -0.4 is 14.8 Å². The molecule has 0 heterocycles. The fraction of sp³-hybridized carbons (Fsp3) is 0.571. The zero-order chi connectivity index (χ0) is 13.9. The third kappa shape index (κ3) is 5.92. The van der Waals surface area contributed by atoms with Crippen LogP contribution in [0.25, 0.3) is 0 Å². The van der Waals surface area contributed by atoms with Crippen molar-refractivity contribution in [3.05, 3.63) is 23.8 Å². The summed E-state index contributed by atoms with van der Waals surface area (Å²) in [4.78, 5) is 0. The van der Waals surface area contributed by atoms with Gasteiger partial charge in [-0.3, -0.25) is 0 Å². The lowest BCUT2D eigenvalue weighted by atomic mass is 10.2. The Hall–Kier alpha value is -1.30. The first-order valence-corrected chi connectivity index (χ1v) is 6.39. The molecule has 0 aliphatic heterocycles. The second-order valence-electron chi connectivity index (χ2n) is 3.93. The van der Waals surface area contributed by atoms with E-state index in [2.05, 4.69) is 5.32 Å². The summed E-state index contributed by atoms with van der Waals surface area (Å²) < 4.78 is 20.9. The molecule has 0 saturated carbocycles. The third-order valence-corrected chi connectivity index (χ3v) is 2.45. The monoisotopic (exact) mass is 269 g/mol. The zero-order valence-corrected chi connectivity index (χ0v) is 11.9. The van der Waals surface area contributed by atoms with E-state index in [9.17, 15) is 0 Å². The summed E-state index contributed by atoms with van der Waals surface area (Å²) in [5.74, 6) is 1.44. The standard InChI is InChI=1S/C14H23NO4/c1-4-18-14-9-12(10-15-7-8-16-2)5-6-13(14)19-11-17-3/h5-6,9,15H,4,7-8,10-11H2,1-3H3. The van der Waals surface area contributed by atoms with Gasteiger partial charge in [-0.2, -0.15) is 0 Å². The molecule has 19 heavy (non-hydrogen) atoms. The topological polar surface area (TPSA) is 49.0 Å². The fourth-order valence-electron chi connectivity index (χ4n) is 1.58. The van der Waals surface area contributed by atoms with Crippen molar-refractivity contribution in [2.75, 3.05) is 40.8 Å². The molecule has 1 rings (SSSR count). The molecule has 0 bridgehead atoms. The number of hydrogen-bond acceptors (Lipinski definition) is 5. The van der Waals surface area contributed by atoms with Gasteiger partial charge in [-0.05, 0) is 24.6 Å². The van der Waals surface area contributed by atoms with Gasteiger partial charge in [0.05, 0.1) is 13.2 Å². The van der Waals surface area contributed by atoms with E-state index >= 15 is 0 Å². The van der Waals surface area contributed by atoms with Gasteiger partial charge in [0.1, 0.15) is 0 Å². The van der Waals surface area contributed by atoms with Crippen molar-refractivity contribution < 1.29 is 18.9 Å². The molecule has 1 N–H and O–H groups in total. The second-order valence-corrected chi connectivity index (χ2v) is 3.93. The number of methoxy groups -OCH3 is 2. The molecule has 1 aromatic carbocycles. The van der Waals surface area contributed by atoms with Crippen LogP contribution in [0.4, 0.5) is 0 Å². The lowest BCUT2D eigenvalue weighted by Gasteiger charge is -2.13. The molecule has 1 aromatic rings. The first-order valence-electron chi connectivity index (χ1n) is 6.39. The molecule has 108 valence electrons. The Morgan fingerprint density at radius 3 is 2.58 bits per heavy atom. The molecule has 0 amide bonds. The van der Waals surface area contributed by atoms with Gasteiger partial charge in [0.25, 0.3) is 0 Å². The van der Waals surface area contributed by atoms with E-state index in [1.165, 1.54) is 0 Å². The number of ether oxygens (including phenoxy) is 4. The summed E-state index contributed by atoms with van der Waals surface area (Å²) >= 11 is 0. The fourth-order valence-corrected chi connectivity index (χ4v) is 1.58. The first-order chi connectivity index (χ1) is 9.31. The minimum atomic E-state index is 0.214.